The molecule has 15 heavy (non-hydrogen) atoms. The Labute approximate surface area is 89.2 Å². The standard InChI is InChI=1S/C11H17N3O/c12-14-11(15)9-5-3-8(4-6-9)10-2-1-7-13-10/h1-2,7-9,13H,3-6,12H2,(H,14,15). The molecule has 0 saturated heterocycles. The van der Waals surface area contributed by atoms with Gasteiger partial charge < -0.3 is 4.98 Å². The number of carbonyl (C=O) groups is 1. The van der Waals surface area contributed by atoms with E-state index in [1.54, 1.807) is 0 Å². The molecule has 1 aliphatic carbocycles. The van der Waals surface area contributed by atoms with Crippen LogP contribution >= 0.6 is 0 Å². The Morgan fingerprint density at radius 1 is 1.40 bits per heavy atom. The maximum atomic E-state index is 11.3. The Morgan fingerprint density at radius 3 is 2.67 bits per heavy atom. The molecule has 1 fully saturated rings. The summed E-state index contributed by atoms with van der Waals surface area (Å²) in [6, 6.07) is 4.14. The van der Waals surface area contributed by atoms with Crippen LogP contribution in [0, 0.1) is 5.92 Å². The molecule has 4 N–H and O–H groups in total. The van der Waals surface area contributed by atoms with Gasteiger partial charge in [-0.15, -0.1) is 0 Å². The van der Waals surface area contributed by atoms with Crippen LogP contribution < -0.4 is 11.3 Å². The summed E-state index contributed by atoms with van der Waals surface area (Å²) >= 11 is 0. The summed E-state index contributed by atoms with van der Waals surface area (Å²) in [4.78, 5) is 14.6. The quantitative estimate of drug-likeness (QED) is 0.388. The second-order valence-corrected chi connectivity index (χ2v) is 4.18. The third-order valence-electron chi connectivity index (χ3n) is 3.30. The van der Waals surface area contributed by atoms with E-state index in [9.17, 15) is 4.79 Å². The fourth-order valence-electron chi connectivity index (χ4n) is 2.38. The van der Waals surface area contributed by atoms with Gasteiger partial charge in [-0.05, 0) is 43.7 Å². The molecule has 2 rings (SSSR count). The first-order valence-corrected chi connectivity index (χ1v) is 5.45. The van der Waals surface area contributed by atoms with Crippen molar-refractivity contribution in [2.75, 3.05) is 0 Å². The Hall–Kier alpha value is -1.29. The van der Waals surface area contributed by atoms with Crippen molar-refractivity contribution in [1.82, 2.24) is 10.4 Å². The average Bonchev–Trinajstić information content (AvgIpc) is 2.82. The fourth-order valence-corrected chi connectivity index (χ4v) is 2.38. The maximum absolute atomic E-state index is 11.3. The van der Waals surface area contributed by atoms with Gasteiger partial charge in [0.05, 0.1) is 0 Å². The number of H-pyrrole nitrogens is 1. The van der Waals surface area contributed by atoms with Gasteiger partial charge in [-0.2, -0.15) is 0 Å². The monoisotopic (exact) mass is 207 g/mol. The van der Waals surface area contributed by atoms with Gasteiger partial charge in [0.25, 0.3) is 0 Å². The van der Waals surface area contributed by atoms with Gasteiger partial charge in [-0.1, -0.05) is 0 Å². The van der Waals surface area contributed by atoms with Crippen LogP contribution in [0.4, 0.5) is 0 Å². The molecule has 0 unspecified atom stereocenters. The third kappa shape index (κ3) is 2.21. The zero-order valence-electron chi connectivity index (χ0n) is 8.70. The molecule has 1 amide bonds. The van der Waals surface area contributed by atoms with Crippen LogP contribution in [0.25, 0.3) is 0 Å². The van der Waals surface area contributed by atoms with E-state index in [2.05, 4.69) is 16.5 Å². The van der Waals surface area contributed by atoms with E-state index in [4.69, 9.17) is 5.84 Å². The zero-order valence-corrected chi connectivity index (χ0v) is 8.70. The van der Waals surface area contributed by atoms with Gasteiger partial charge >= 0.3 is 0 Å². The predicted octanol–water partition coefficient (Wildman–Crippen LogP) is 1.28. The molecule has 4 heteroatoms. The number of amides is 1. The molecule has 1 aliphatic rings. The Morgan fingerprint density at radius 2 is 2.13 bits per heavy atom. The van der Waals surface area contributed by atoms with Crippen LogP contribution in [-0.2, 0) is 4.79 Å². The molecule has 0 atom stereocenters. The molecule has 1 aromatic heterocycles. The summed E-state index contributed by atoms with van der Waals surface area (Å²) < 4.78 is 0. The molecule has 1 aromatic rings. The van der Waals surface area contributed by atoms with Gasteiger partial charge in [0.2, 0.25) is 5.91 Å². The van der Waals surface area contributed by atoms with E-state index in [1.807, 2.05) is 12.3 Å². The van der Waals surface area contributed by atoms with Gasteiger partial charge in [0.1, 0.15) is 0 Å². The van der Waals surface area contributed by atoms with Gasteiger partial charge in [-0.3, -0.25) is 10.2 Å². The minimum atomic E-state index is -0.0139. The number of rotatable bonds is 2. The topological polar surface area (TPSA) is 70.9 Å². The lowest BCUT2D eigenvalue weighted by molar-refractivity contribution is -0.126. The van der Waals surface area contributed by atoms with Gasteiger partial charge in [-0.25, -0.2) is 5.84 Å². The summed E-state index contributed by atoms with van der Waals surface area (Å²) in [6.07, 6.45) is 5.96. The summed E-state index contributed by atoms with van der Waals surface area (Å²) in [7, 11) is 0. The van der Waals surface area contributed by atoms with E-state index < -0.39 is 0 Å². The van der Waals surface area contributed by atoms with Crippen LogP contribution in [0.3, 0.4) is 0 Å². The van der Waals surface area contributed by atoms with Crippen molar-refractivity contribution in [2.45, 2.75) is 31.6 Å². The molecule has 0 aliphatic heterocycles. The number of aromatic amines is 1. The van der Waals surface area contributed by atoms with Gasteiger partial charge in [0.15, 0.2) is 0 Å². The number of hydrogen-bond donors (Lipinski definition) is 3. The van der Waals surface area contributed by atoms with Crippen LogP contribution in [0.1, 0.15) is 37.3 Å². The lowest BCUT2D eigenvalue weighted by Gasteiger charge is -2.26. The highest BCUT2D eigenvalue weighted by atomic mass is 16.2. The van der Waals surface area contributed by atoms with Crippen molar-refractivity contribution in [3.8, 4) is 0 Å². The first-order chi connectivity index (χ1) is 7.31. The van der Waals surface area contributed by atoms with Crippen molar-refractivity contribution >= 4 is 5.91 Å². The Balaban J connectivity index is 1.90. The number of hydrogen-bond acceptors (Lipinski definition) is 2. The van der Waals surface area contributed by atoms with Crippen LogP contribution in [0.2, 0.25) is 0 Å². The SMILES string of the molecule is NNC(=O)C1CCC(c2ccc[nH]2)CC1. The number of carbonyl (C=O) groups excluding carboxylic acids is 1. The van der Waals surface area contributed by atoms with Crippen LogP contribution in [-0.4, -0.2) is 10.9 Å². The minimum Gasteiger partial charge on any atom is -0.365 e. The lowest BCUT2D eigenvalue weighted by Crippen LogP contribution is -2.37. The summed E-state index contributed by atoms with van der Waals surface area (Å²) in [5, 5.41) is 0. The first kappa shape index (κ1) is 10.2. The predicted molar refractivity (Wildman–Crippen MR) is 57.8 cm³/mol. The smallest absolute Gasteiger partial charge is 0.236 e. The number of nitrogens with two attached hydrogens (primary N) is 1. The second-order valence-electron chi connectivity index (χ2n) is 4.18. The highest BCUT2D eigenvalue weighted by molar-refractivity contribution is 5.78. The molecule has 82 valence electrons. The zero-order chi connectivity index (χ0) is 10.7. The van der Waals surface area contributed by atoms with E-state index in [1.165, 1.54) is 5.69 Å². The summed E-state index contributed by atoms with van der Waals surface area (Å²) in [5.74, 6) is 5.81. The van der Waals surface area contributed by atoms with Gasteiger partial charge in [0, 0.05) is 17.8 Å². The molecule has 0 aromatic carbocycles. The lowest BCUT2D eigenvalue weighted by atomic mass is 9.80. The number of hydrazine groups is 1. The highest BCUT2D eigenvalue weighted by Crippen LogP contribution is 2.34. The van der Waals surface area contributed by atoms with E-state index in [0.717, 1.165) is 25.7 Å². The average molecular weight is 207 g/mol. The molecule has 1 saturated carbocycles. The van der Waals surface area contributed by atoms with Crippen LogP contribution in [0.5, 0.6) is 0 Å². The van der Waals surface area contributed by atoms with E-state index in [-0.39, 0.29) is 11.8 Å². The normalized spacial score (nSPS) is 26.2. The van der Waals surface area contributed by atoms with Crippen molar-refractivity contribution < 1.29 is 4.79 Å². The maximum Gasteiger partial charge on any atom is 0.236 e. The Bertz CT molecular complexity index is 313. The minimum absolute atomic E-state index is 0.0139. The largest absolute Gasteiger partial charge is 0.365 e. The van der Waals surface area contributed by atoms with Crippen molar-refractivity contribution in [2.24, 2.45) is 11.8 Å². The molecule has 1 heterocycles. The summed E-state index contributed by atoms with van der Waals surface area (Å²) in [5.41, 5.74) is 3.53. The third-order valence-corrected chi connectivity index (χ3v) is 3.30. The molecule has 0 spiro atoms. The van der Waals surface area contributed by atoms with Crippen molar-refractivity contribution in [3.05, 3.63) is 24.0 Å². The Kier molecular flexibility index (Phi) is 3.06. The number of nitrogens with one attached hydrogen (secondary N) is 2. The van der Waals surface area contributed by atoms with Crippen molar-refractivity contribution in [3.63, 3.8) is 0 Å². The number of aromatic nitrogens is 1. The summed E-state index contributed by atoms with van der Waals surface area (Å²) in [6.45, 7) is 0. The highest BCUT2D eigenvalue weighted by Gasteiger charge is 2.26. The molecular weight excluding hydrogens is 190 g/mol. The first-order valence-electron chi connectivity index (χ1n) is 5.45. The van der Waals surface area contributed by atoms with E-state index in [0.29, 0.717) is 5.92 Å². The molecular formula is C11H17N3O. The molecule has 0 bridgehead atoms. The van der Waals surface area contributed by atoms with E-state index >= 15 is 0 Å². The second kappa shape index (κ2) is 4.49. The molecule has 0 radical (unpaired) electrons. The fraction of sp³-hybridized carbons (Fsp3) is 0.545. The molecule has 4 nitrogen and oxygen atoms in total. The van der Waals surface area contributed by atoms with Crippen LogP contribution in [0.15, 0.2) is 18.3 Å². The van der Waals surface area contributed by atoms with Crippen molar-refractivity contribution in [1.29, 1.82) is 0 Å².